The number of hydrogen-bond donors (Lipinski definition) is 4. The smallest absolute Gasteiger partial charge is 0.257 e. The van der Waals surface area contributed by atoms with E-state index >= 15 is 0 Å². The van der Waals surface area contributed by atoms with Gasteiger partial charge in [-0.15, -0.1) is 0 Å². The molecule has 2 aromatic rings. The van der Waals surface area contributed by atoms with Crippen LogP contribution in [0.15, 0.2) is 41.4 Å². The molecule has 0 radical (unpaired) electrons. The molecule has 0 saturated carbocycles. The molecule has 3 rings (SSSR count). The molecule has 10 heteroatoms. The molecule has 2 aromatic carbocycles. The number of fused-ring (bicyclic) bond motifs is 1. The second-order valence-electron chi connectivity index (χ2n) is 6.73. The van der Waals surface area contributed by atoms with Crippen molar-refractivity contribution in [1.29, 1.82) is 0 Å². The number of nitrogens with two attached hydrogens (primary N) is 1. The highest BCUT2D eigenvalue weighted by molar-refractivity contribution is 7.92. The number of aliphatic imine (C=N–C) groups is 1. The predicted octanol–water partition coefficient (Wildman–Crippen LogP) is 2.20. The minimum Gasteiger partial charge on any atom is -0.387 e. The topological polar surface area (TPSA) is 143 Å². The predicted molar refractivity (Wildman–Crippen MR) is 113 cm³/mol. The Morgan fingerprint density at radius 1 is 1.17 bits per heavy atom. The number of benzene rings is 2. The van der Waals surface area contributed by atoms with Crippen LogP contribution < -0.4 is 21.1 Å². The van der Waals surface area contributed by atoms with Crippen LogP contribution in [0.25, 0.3) is 0 Å². The number of nitrogens with one attached hydrogen (secondary N) is 3. The lowest BCUT2D eigenvalue weighted by molar-refractivity contribution is -0.116. The number of sulfonamides is 1. The molecule has 0 saturated heterocycles. The van der Waals surface area contributed by atoms with Gasteiger partial charge in [0.1, 0.15) is 0 Å². The number of nitrogens with zero attached hydrogens (tertiary/aromatic N) is 1. The van der Waals surface area contributed by atoms with Gasteiger partial charge in [-0.1, -0.05) is 0 Å². The SMILES string of the molecule is CC(N)=Nc1ccc(NS(C)(=O)=O)c(C(=O)Nc2ccc3c(c2)CCC(=O)N3)c1. The van der Waals surface area contributed by atoms with Crippen molar-refractivity contribution in [3.8, 4) is 0 Å². The summed E-state index contributed by atoms with van der Waals surface area (Å²) in [6, 6.07) is 9.64. The molecule has 1 heterocycles. The van der Waals surface area contributed by atoms with E-state index in [1.807, 2.05) is 0 Å². The van der Waals surface area contributed by atoms with Crippen LogP contribution in [0.3, 0.4) is 0 Å². The van der Waals surface area contributed by atoms with E-state index in [1.165, 1.54) is 12.1 Å². The van der Waals surface area contributed by atoms with Gasteiger partial charge in [0.05, 0.1) is 29.0 Å². The second kappa shape index (κ2) is 7.92. The van der Waals surface area contributed by atoms with Crippen LogP contribution >= 0.6 is 0 Å². The average Bonchev–Trinajstić information content (AvgIpc) is 2.61. The van der Waals surface area contributed by atoms with E-state index in [-0.39, 0.29) is 17.2 Å². The Labute approximate surface area is 168 Å². The number of carbonyl (C=O) groups excluding carboxylic acids is 2. The number of hydrogen-bond acceptors (Lipinski definition) is 5. The zero-order chi connectivity index (χ0) is 21.2. The van der Waals surface area contributed by atoms with Gasteiger partial charge in [0.25, 0.3) is 5.91 Å². The monoisotopic (exact) mass is 415 g/mol. The van der Waals surface area contributed by atoms with Gasteiger partial charge in [0.2, 0.25) is 15.9 Å². The summed E-state index contributed by atoms with van der Waals surface area (Å²) in [6.45, 7) is 1.61. The van der Waals surface area contributed by atoms with Gasteiger partial charge in [-0.2, -0.15) is 0 Å². The summed E-state index contributed by atoms with van der Waals surface area (Å²) in [6.07, 6.45) is 1.96. The van der Waals surface area contributed by atoms with Crippen LogP contribution in [-0.2, 0) is 21.2 Å². The van der Waals surface area contributed by atoms with Crippen molar-refractivity contribution in [3.05, 3.63) is 47.5 Å². The van der Waals surface area contributed by atoms with Gasteiger partial charge in [0, 0.05) is 17.8 Å². The van der Waals surface area contributed by atoms with Gasteiger partial charge < -0.3 is 16.4 Å². The quantitative estimate of drug-likeness (QED) is 0.437. The highest BCUT2D eigenvalue weighted by Gasteiger charge is 2.18. The van der Waals surface area contributed by atoms with Gasteiger partial charge >= 0.3 is 0 Å². The Balaban J connectivity index is 1.92. The average molecular weight is 415 g/mol. The highest BCUT2D eigenvalue weighted by Crippen LogP contribution is 2.28. The standard InChI is InChI=1S/C19H21N5O4S/c1-11(20)21-14-5-7-17(24-29(2,27)28)15(10-14)19(26)22-13-4-6-16-12(9-13)3-8-18(25)23-16/h4-7,9-10,24H,3,8H2,1-2H3,(H2,20,21)(H,22,26)(H,23,25). The zero-order valence-electron chi connectivity index (χ0n) is 15.9. The van der Waals surface area contributed by atoms with Crippen LogP contribution in [0, 0.1) is 0 Å². The molecule has 0 aromatic heterocycles. The molecule has 0 spiro atoms. The summed E-state index contributed by atoms with van der Waals surface area (Å²) in [5.41, 5.74) is 8.40. The van der Waals surface area contributed by atoms with E-state index in [9.17, 15) is 18.0 Å². The van der Waals surface area contributed by atoms with Crippen molar-refractivity contribution >= 4 is 50.4 Å². The maximum atomic E-state index is 12.9. The molecule has 1 aliphatic heterocycles. The molecule has 0 fully saturated rings. The summed E-state index contributed by atoms with van der Waals surface area (Å²) in [4.78, 5) is 28.5. The zero-order valence-corrected chi connectivity index (χ0v) is 16.8. The van der Waals surface area contributed by atoms with Crippen LogP contribution in [0.2, 0.25) is 0 Å². The minimum atomic E-state index is -3.59. The molecule has 9 nitrogen and oxygen atoms in total. The normalized spacial score (nSPS) is 14.0. The molecular formula is C19H21N5O4S. The molecule has 152 valence electrons. The summed E-state index contributed by atoms with van der Waals surface area (Å²) < 4.78 is 25.7. The van der Waals surface area contributed by atoms with Gasteiger partial charge in [-0.3, -0.25) is 14.3 Å². The number of carbonyl (C=O) groups is 2. The molecule has 1 aliphatic rings. The van der Waals surface area contributed by atoms with Crippen LogP contribution in [-0.4, -0.2) is 32.3 Å². The van der Waals surface area contributed by atoms with Crippen LogP contribution in [0.1, 0.15) is 29.3 Å². The number of amidine groups is 1. The molecule has 5 N–H and O–H groups in total. The molecule has 0 atom stereocenters. The van der Waals surface area contributed by atoms with Crippen LogP contribution in [0.5, 0.6) is 0 Å². The van der Waals surface area contributed by atoms with Crippen molar-refractivity contribution in [2.75, 3.05) is 21.6 Å². The Bertz CT molecular complexity index is 1120. The Kier molecular flexibility index (Phi) is 5.55. The lowest BCUT2D eigenvalue weighted by Crippen LogP contribution is -2.20. The number of rotatable bonds is 5. The van der Waals surface area contributed by atoms with Gasteiger partial charge in [0.15, 0.2) is 0 Å². The first-order valence-electron chi connectivity index (χ1n) is 8.77. The summed E-state index contributed by atoms with van der Waals surface area (Å²) >= 11 is 0. The molecule has 29 heavy (non-hydrogen) atoms. The third-order valence-electron chi connectivity index (χ3n) is 4.11. The fraction of sp³-hybridized carbons (Fsp3) is 0.211. The molecule has 0 bridgehead atoms. The molecular weight excluding hydrogens is 394 g/mol. The minimum absolute atomic E-state index is 0.0432. The number of anilines is 3. The lowest BCUT2D eigenvalue weighted by atomic mass is 10.0. The van der Waals surface area contributed by atoms with E-state index in [1.54, 1.807) is 31.2 Å². The van der Waals surface area contributed by atoms with Crippen molar-refractivity contribution in [2.24, 2.45) is 10.7 Å². The van der Waals surface area contributed by atoms with Crippen molar-refractivity contribution < 1.29 is 18.0 Å². The van der Waals surface area contributed by atoms with Crippen molar-refractivity contribution in [1.82, 2.24) is 0 Å². The summed E-state index contributed by atoms with van der Waals surface area (Å²) in [5, 5.41) is 5.54. The largest absolute Gasteiger partial charge is 0.387 e. The second-order valence-corrected chi connectivity index (χ2v) is 8.48. The first-order valence-corrected chi connectivity index (χ1v) is 10.7. The maximum Gasteiger partial charge on any atom is 0.257 e. The number of aryl methyl sites for hydroxylation is 1. The van der Waals surface area contributed by atoms with E-state index in [4.69, 9.17) is 5.73 Å². The fourth-order valence-corrected chi connectivity index (χ4v) is 3.52. The molecule has 2 amide bonds. The van der Waals surface area contributed by atoms with E-state index in [2.05, 4.69) is 20.3 Å². The Morgan fingerprint density at radius 2 is 1.93 bits per heavy atom. The molecule has 0 unspecified atom stereocenters. The van der Waals surface area contributed by atoms with Crippen LogP contribution in [0.4, 0.5) is 22.7 Å². The van der Waals surface area contributed by atoms with E-state index < -0.39 is 15.9 Å². The Morgan fingerprint density at radius 3 is 2.62 bits per heavy atom. The van der Waals surface area contributed by atoms with E-state index in [0.717, 1.165) is 11.8 Å². The molecule has 0 aliphatic carbocycles. The highest BCUT2D eigenvalue weighted by atomic mass is 32.2. The van der Waals surface area contributed by atoms with Gasteiger partial charge in [-0.25, -0.2) is 13.4 Å². The Hall–Kier alpha value is -3.40. The van der Waals surface area contributed by atoms with Gasteiger partial charge in [-0.05, 0) is 55.3 Å². The third kappa shape index (κ3) is 5.32. The third-order valence-corrected chi connectivity index (χ3v) is 4.70. The first-order chi connectivity index (χ1) is 13.6. The summed E-state index contributed by atoms with van der Waals surface area (Å²) in [5.74, 6) is -0.252. The van der Waals surface area contributed by atoms with E-state index in [0.29, 0.717) is 35.7 Å². The fourth-order valence-electron chi connectivity index (χ4n) is 2.94. The summed E-state index contributed by atoms with van der Waals surface area (Å²) in [7, 11) is -3.59. The van der Waals surface area contributed by atoms with Crippen molar-refractivity contribution in [3.63, 3.8) is 0 Å². The number of amides is 2. The maximum absolute atomic E-state index is 12.9. The van der Waals surface area contributed by atoms with Crippen molar-refractivity contribution in [2.45, 2.75) is 19.8 Å². The lowest BCUT2D eigenvalue weighted by Gasteiger charge is -2.18. The first kappa shape index (κ1) is 20.3.